The number of nitrogens with zero attached hydrogens (tertiary/aromatic N) is 4. The maximum absolute atomic E-state index is 12.2. The third-order valence-corrected chi connectivity index (χ3v) is 3.66. The fourth-order valence-electron chi connectivity index (χ4n) is 2.14. The molecular formula is C15H11BrN4O5. The van der Waals surface area contributed by atoms with Gasteiger partial charge in [0.1, 0.15) is 5.69 Å². The predicted octanol–water partition coefficient (Wildman–Crippen LogP) is 3.37. The van der Waals surface area contributed by atoms with Gasteiger partial charge in [-0.2, -0.15) is 9.67 Å². The first kappa shape index (κ1) is 16.8. The van der Waals surface area contributed by atoms with Gasteiger partial charge in [0.2, 0.25) is 11.6 Å². The number of hydrogen-bond acceptors (Lipinski definition) is 7. The molecule has 0 N–H and O–H groups in total. The fourth-order valence-corrected chi connectivity index (χ4v) is 2.49. The zero-order chi connectivity index (χ0) is 18.0. The third-order valence-electron chi connectivity index (χ3n) is 3.17. The molecule has 2 heterocycles. The van der Waals surface area contributed by atoms with Crippen molar-refractivity contribution in [2.45, 2.75) is 6.92 Å². The largest absolute Gasteiger partial charge is 0.461 e. The third kappa shape index (κ3) is 3.29. The lowest BCUT2D eigenvalue weighted by Gasteiger charge is -2.06. The molecule has 0 fully saturated rings. The zero-order valence-electron chi connectivity index (χ0n) is 12.9. The van der Waals surface area contributed by atoms with E-state index in [1.165, 1.54) is 24.5 Å². The maximum atomic E-state index is 12.2. The number of furan rings is 1. The van der Waals surface area contributed by atoms with Gasteiger partial charge in [0.25, 0.3) is 5.69 Å². The van der Waals surface area contributed by atoms with Crippen LogP contribution >= 0.6 is 15.9 Å². The molecule has 9 nitrogen and oxygen atoms in total. The Bertz CT molecular complexity index is 936. The van der Waals surface area contributed by atoms with E-state index < -0.39 is 10.9 Å². The van der Waals surface area contributed by atoms with E-state index in [-0.39, 0.29) is 29.6 Å². The summed E-state index contributed by atoms with van der Waals surface area (Å²) in [6, 6.07) is 7.56. The summed E-state index contributed by atoms with van der Waals surface area (Å²) in [5.41, 5.74) is -0.155. The average Bonchev–Trinajstić information content (AvgIpc) is 3.24. The Morgan fingerprint density at radius 3 is 2.88 bits per heavy atom. The monoisotopic (exact) mass is 406 g/mol. The molecule has 0 aliphatic rings. The summed E-state index contributed by atoms with van der Waals surface area (Å²) in [6.45, 7) is 1.77. The summed E-state index contributed by atoms with van der Waals surface area (Å²) in [4.78, 5) is 27.1. The molecule has 0 aliphatic carbocycles. The topological polar surface area (TPSA) is 113 Å². The quantitative estimate of drug-likeness (QED) is 0.362. The number of nitro groups is 1. The van der Waals surface area contributed by atoms with Crippen molar-refractivity contribution in [2.24, 2.45) is 0 Å². The van der Waals surface area contributed by atoms with Gasteiger partial charge in [0, 0.05) is 10.5 Å². The molecule has 10 heteroatoms. The molecule has 0 atom stereocenters. The maximum Gasteiger partial charge on any atom is 0.376 e. The van der Waals surface area contributed by atoms with E-state index in [1.54, 1.807) is 19.1 Å². The van der Waals surface area contributed by atoms with Gasteiger partial charge in [-0.15, -0.1) is 5.10 Å². The van der Waals surface area contributed by atoms with E-state index in [0.29, 0.717) is 10.2 Å². The second-order valence-corrected chi connectivity index (χ2v) is 5.67. The Morgan fingerprint density at radius 1 is 1.44 bits per heavy atom. The Labute approximate surface area is 149 Å². The van der Waals surface area contributed by atoms with Gasteiger partial charge in [-0.25, -0.2) is 4.79 Å². The smallest absolute Gasteiger partial charge is 0.376 e. The Morgan fingerprint density at radius 2 is 2.24 bits per heavy atom. The van der Waals surface area contributed by atoms with Gasteiger partial charge in [-0.05, 0) is 31.2 Å². The van der Waals surface area contributed by atoms with Crippen molar-refractivity contribution >= 4 is 27.6 Å². The number of halogens is 1. The number of benzene rings is 1. The second-order valence-electron chi connectivity index (χ2n) is 4.76. The molecule has 128 valence electrons. The van der Waals surface area contributed by atoms with Crippen molar-refractivity contribution in [2.75, 3.05) is 6.61 Å². The van der Waals surface area contributed by atoms with Crippen LogP contribution in [0, 0.1) is 10.1 Å². The van der Waals surface area contributed by atoms with Crippen LogP contribution < -0.4 is 0 Å². The summed E-state index contributed by atoms with van der Waals surface area (Å²) >= 11 is 3.26. The number of aromatic nitrogens is 3. The summed E-state index contributed by atoms with van der Waals surface area (Å²) < 4.78 is 11.9. The molecule has 0 saturated carbocycles. The van der Waals surface area contributed by atoms with Crippen LogP contribution in [0.1, 0.15) is 17.5 Å². The van der Waals surface area contributed by atoms with E-state index in [0.717, 1.165) is 4.68 Å². The number of hydrogen-bond donors (Lipinski definition) is 0. The van der Waals surface area contributed by atoms with Crippen molar-refractivity contribution in [3.05, 3.63) is 57.0 Å². The van der Waals surface area contributed by atoms with Crippen molar-refractivity contribution < 1.29 is 18.9 Å². The van der Waals surface area contributed by atoms with Crippen LogP contribution in [0.3, 0.4) is 0 Å². The van der Waals surface area contributed by atoms with Crippen molar-refractivity contribution in [1.29, 1.82) is 0 Å². The van der Waals surface area contributed by atoms with Crippen LogP contribution in [0.4, 0.5) is 5.69 Å². The summed E-state index contributed by atoms with van der Waals surface area (Å²) in [5.74, 6) is -0.499. The van der Waals surface area contributed by atoms with Gasteiger partial charge in [-0.1, -0.05) is 15.9 Å². The Kier molecular flexibility index (Phi) is 4.61. The molecular weight excluding hydrogens is 396 g/mol. The van der Waals surface area contributed by atoms with E-state index in [9.17, 15) is 14.9 Å². The molecule has 0 radical (unpaired) electrons. The molecule has 0 unspecified atom stereocenters. The SMILES string of the molecule is CCOC(=O)c1nc(-c2ccco2)nn1-c1cc(Br)ccc1[N+](=O)[O-]. The van der Waals surface area contributed by atoms with Gasteiger partial charge in [0.15, 0.2) is 5.76 Å². The molecule has 3 rings (SSSR count). The molecule has 0 aliphatic heterocycles. The first-order valence-corrected chi connectivity index (χ1v) is 7.93. The number of esters is 1. The lowest BCUT2D eigenvalue weighted by molar-refractivity contribution is -0.384. The van der Waals surface area contributed by atoms with Crippen LogP contribution in [-0.4, -0.2) is 32.3 Å². The first-order valence-electron chi connectivity index (χ1n) is 7.13. The Hall–Kier alpha value is -3.01. The van der Waals surface area contributed by atoms with Crippen LogP contribution in [-0.2, 0) is 4.74 Å². The highest BCUT2D eigenvalue weighted by Gasteiger charge is 2.26. The highest BCUT2D eigenvalue weighted by atomic mass is 79.9. The lowest BCUT2D eigenvalue weighted by Crippen LogP contribution is -2.14. The summed E-state index contributed by atoms with van der Waals surface area (Å²) in [6.07, 6.45) is 1.43. The standard InChI is InChI=1S/C15H11BrN4O5/c1-2-24-15(21)14-17-13(12-4-3-7-25-12)18-19(14)11-8-9(16)5-6-10(11)20(22)23/h3-8H,2H2,1H3. The number of carbonyl (C=O) groups excluding carboxylic acids is 1. The Balaban J connectivity index is 2.23. The fraction of sp³-hybridized carbons (Fsp3) is 0.133. The van der Waals surface area contributed by atoms with Crippen molar-refractivity contribution in [3.8, 4) is 17.3 Å². The minimum Gasteiger partial charge on any atom is -0.461 e. The molecule has 0 saturated heterocycles. The molecule has 0 bridgehead atoms. The summed E-state index contributed by atoms with van der Waals surface area (Å²) in [5, 5.41) is 15.5. The van der Waals surface area contributed by atoms with Gasteiger partial charge in [-0.3, -0.25) is 10.1 Å². The van der Waals surface area contributed by atoms with Crippen molar-refractivity contribution in [3.63, 3.8) is 0 Å². The average molecular weight is 407 g/mol. The van der Waals surface area contributed by atoms with Gasteiger partial charge >= 0.3 is 5.97 Å². The van der Waals surface area contributed by atoms with Crippen LogP contribution in [0.25, 0.3) is 17.3 Å². The molecule has 3 aromatic rings. The van der Waals surface area contributed by atoms with E-state index >= 15 is 0 Å². The van der Waals surface area contributed by atoms with Crippen LogP contribution in [0.5, 0.6) is 0 Å². The van der Waals surface area contributed by atoms with Gasteiger partial charge in [0.05, 0.1) is 17.8 Å². The number of rotatable bonds is 5. The van der Waals surface area contributed by atoms with E-state index in [1.807, 2.05) is 0 Å². The number of nitro benzene ring substituents is 1. The predicted molar refractivity (Wildman–Crippen MR) is 89.4 cm³/mol. The minimum atomic E-state index is -0.748. The van der Waals surface area contributed by atoms with E-state index in [2.05, 4.69) is 26.0 Å². The minimum absolute atomic E-state index is 0.0766. The van der Waals surface area contributed by atoms with Gasteiger partial charge < -0.3 is 9.15 Å². The summed E-state index contributed by atoms with van der Waals surface area (Å²) in [7, 11) is 0. The van der Waals surface area contributed by atoms with Crippen LogP contribution in [0.2, 0.25) is 0 Å². The number of ether oxygens (including phenoxy) is 1. The van der Waals surface area contributed by atoms with E-state index in [4.69, 9.17) is 9.15 Å². The van der Waals surface area contributed by atoms with Crippen LogP contribution in [0.15, 0.2) is 45.5 Å². The molecule has 1 aromatic carbocycles. The molecule has 2 aromatic heterocycles. The number of carbonyl (C=O) groups is 1. The lowest BCUT2D eigenvalue weighted by atomic mass is 10.2. The second kappa shape index (κ2) is 6.85. The highest BCUT2D eigenvalue weighted by molar-refractivity contribution is 9.10. The highest BCUT2D eigenvalue weighted by Crippen LogP contribution is 2.28. The molecule has 0 amide bonds. The zero-order valence-corrected chi connectivity index (χ0v) is 14.5. The molecule has 0 spiro atoms. The normalized spacial score (nSPS) is 10.6. The molecule has 25 heavy (non-hydrogen) atoms. The first-order chi connectivity index (χ1) is 12.0. The van der Waals surface area contributed by atoms with Crippen molar-refractivity contribution in [1.82, 2.24) is 14.8 Å².